The van der Waals surface area contributed by atoms with Crippen molar-refractivity contribution in [3.8, 4) is 0 Å². The summed E-state index contributed by atoms with van der Waals surface area (Å²) in [4.78, 5) is 28.7. The first kappa shape index (κ1) is 14.1. The summed E-state index contributed by atoms with van der Waals surface area (Å²) in [6.07, 6.45) is 0.371. The first-order valence-electron chi connectivity index (χ1n) is 7.14. The molecular formula is C17H17N3O2. The van der Waals surface area contributed by atoms with Crippen molar-refractivity contribution < 1.29 is 4.79 Å². The Kier molecular flexibility index (Phi) is 3.78. The average Bonchev–Trinajstić information content (AvgIpc) is 2.87. The predicted octanol–water partition coefficient (Wildman–Crippen LogP) is 2.02. The highest BCUT2D eigenvalue weighted by Crippen LogP contribution is 2.11. The SMILES string of the molecule is Cc1ccccc1CC(=O)NCc1ccc2[nH]c(=O)[nH]c2c1. The second kappa shape index (κ2) is 5.89. The monoisotopic (exact) mass is 295 g/mol. The van der Waals surface area contributed by atoms with Gasteiger partial charge in [0.05, 0.1) is 17.5 Å². The molecule has 0 unspecified atom stereocenters. The lowest BCUT2D eigenvalue weighted by Crippen LogP contribution is -2.24. The summed E-state index contributed by atoms with van der Waals surface area (Å²) >= 11 is 0. The summed E-state index contributed by atoms with van der Waals surface area (Å²) < 4.78 is 0. The van der Waals surface area contributed by atoms with Crippen LogP contribution in [0, 0.1) is 6.92 Å². The summed E-state index contributed by atoms with van der Waals surface area (Å²) in [7, 11) is 0. The van der Waals surface area contributed by atoms with Crippen LogP contribution < -0.4 is 11.0 Å². The third-order valence-electron chi connectivity index (χ3n) is 3.68. The maximum absolute atomic E-state index is 12.0. The molecule has 3 aromatic rings. The van der Waals surface area contributed by atoms with E-state index in [1.165, 1.54) is 0 Å². The van der Waals surface area contributed by atoms with Crippen molar-refractivity contribution >= 4 is 16.9 Å². The molecule has 3 N–H and O–H groups in total. The second-order valence-electron chi connectivity index (χ2n) is 5.34. The van der Waals surface area contributed by atoms with E-state index in [1.807, 2.05) is 49.4 Å². The number of fused-ring (bicyclic) bond motifs is 1. The summed E-state index contributed by atoms with van der Waals surface area (Å²) in [6.45, 7) is 2.44. The first-order chi connectivity index (χ1) is 10.6. The molecule has 1 heterocycles. The molecule has 0 saturated heterocycles. The molecule has 0 atom stereocenters. The Morgan fingerprint density at radius 3 is 2.68 bits per heavy atom. The molecule has 1 amide bonds. The van der Waals surface area contributed by atoms with Gasteiger partial charge >= 0.3 is 5.69 Å². The number of imidazole rings is 1. The lowest BCUT2D eigenvalue weighted by molar-refractivity contribution is -0.120. The van der Waals surface area contributed by atoms with Gasteiger partial charge in [0.2, 0.25) is 5.91 Å². The van der Waals surface area contributed by atoms with Gasteiger partial charge in [-0.2, -0.15) is 0 Å². The molecule has 0 radical (unpaired) electrons. The van der Waals surface area contributed by atoms with Crippen molar-refractivity contribution in [1.29, 1.82) is 0 Å². The smallest absolute Gasteiger partial charge is 0.323 e. The Labute approximate surface area is 127 Å². The Morgan fingerprint density at radius 2 is 1.86 bits per heavy atom. The number of hydrogen-bond donors (Lipinski definition) is 3. The third-order valence-corrected chi connectivity index (χ3v) is 3.68. The summed E-state index contributed by atoms with van der Waals surface area (Å²) in [5, 5.41) is 2.91. The van der Waals surface area contributed by atoms with Crippen molar-refractivity contribution in [1.82, 2.24) is 15.3 Å². The number of aryl methyl sites for hydroxylation is 1. The van der Waals surface area contributed by atoms with Crippen LogP contribution in [-0.4, -0.2) is 15.9 Å². The van der Waals surface area contributed by atoms with Crippen molar-refractivity contribution in [2.45, 2.75) is 19.9 Å². The molecule has 5 heteroatoms. The van der Waals surface area contributed by atoms with Crippen LogP contribution in [0.4, 0.5) is 0 Å². The number of hydrogen-bond acceptors (Lipinski definition) is 2. The molecule has 0 bridgehead atoms. The molecule has 0 saturated carbocycles. The molecule has 0 aliphatic carbocycles. The number of aromatic amines is 2. The topological polar surface area (TPSA) is 77.8 Å². The molecule has 0 aliphatic heterocycles. The predicted molar refractivity (Wildman–Crippen MR) is 85.6 cm³/mol. The fourth-order valence-electron chi connectivity index (χ4n) is 2.43. The van der Waals surface area contributed by atoms with Crippen LogP contribution in [0.3, 0.4) is 0 Å². The van der Waals surface area contributed by atoms with E-state index >= 15 is 0 Å². The van der Waals surface area contributed by atoms with E-state index in [0.717, 1.165) is 27.7 Å². The minimum Gasteiger partial charge on any atom is -0.352 e. The summed E-state index contributed by atoms with van der Waals surface area (Å²) in [5.74, 6) is -0.0167. The lowest BCUT2D eigenvalue weighted by Gasteiger charge is -2.07. The molecule has 3 rings (SSSR count). The largest absolute Gasteiger partial charge is 0.352 e. The first-order valence-corrected chi connectivity index (χ1v) is 7.14. The van der Waals surface area contributed by atoms with E-state index in [4.69, 9.17) is 0 Å². The van der Waals surface area contributed by atoms with Gasteiger partial charge in [-0.25, -0.2) is 4.79 Å². The summed E-state index contributed by atoms with van der Waals surface area (Å²) in [6, 6.07) is 13.4. The van der Waals surface area contributed by atoms with Gasteiger partial charge in [-0.15, -0.1) is 0 Å². The van der Waals surface area contributed by atoms with Crippen molar-refractivity contribution in [2.75, 3.05) is 0 Å². The highest BCUT2D eigenvalue weighted by molar-refractivity contribution is 5.79. The van der Waals surface area contributed by atoms with Crippen LogP contribution in [-0.2, 0) is 17.8 Å². The molecule has 1 aromatic heterocycles. The number of rotatable bonds is 4. The maximum atomic E-state index is 12.0. The number of carbonyl (C=O) groups excluding carboxylic acids is 1. The normalized spacial score (nSPS) is 10.8. The molecule has 0 fully saturated rings. The van der Waals surface area contributed by atoms with E-state index in [-0.39, 0.29) is 11.6 Å². The van der Waals surface area contributed by atoms with Gasteiger partial charge in [0.1, 0.15) is 0 Å². The summed E-state index contributed by atoms with van der Waals surface area (Å²) in [5.41, 5.74) is 4.38. The fraction of sp³-hybridized carbons (Fsp3) is 0.176. The van der Waals surface area contributed by atoms with Crippen LogP contribution in [0.15, 0.2) is 47.3 Å². The van der Waals surface area contributed by atoms with Crippen LogP contribution >= 0.6 is 0 Å². The van der Waals surface area contributed by atoms with Crippen molar-refractivity contribution in [3.05, 3.63) is 69.6 Å². The van der Waals surface area contributed by atoms with Crippen LogP contribution in [0.5, 0.6) is 0 Å². The standard InChI is InChI=1S/C17H17N3O2/c1-11-4-2-3-5-13(11)9-16(21)18-10-12-6-7-14-15(8-12)20-17(22)19-14/h2-8H,9-10H2,1H3,(H,18,21)(H2,19,20,22). The number of benzene rings is 2. The third kappa shape index (κ3) is 3.09. The van der Waals surface area contributed by atoms with Gasteiger partial charge in [-0.3, -0.25) is 4.79 Å². The quantitative estimate of drug-likeness (QED) is 0.688. The van der Waals surface area contributed by atoms with E-state index in [1.54, 1.807) is 0 Å². The molecular weight excluding hydrogens is 278 g/mol. The van der Waals surface area contributed by atoms with Gasteiger partial charge < -0.3 is 15.3 Å². The molecule has 22 heavy (non-hydrogen) atoms. The highest BCUT2D eigenvalue weighted by atomic mass is 16.1. The fourth-order valence-corrected chi connectivity index (χ4v) is 2.43. The van der Waals surface area contributed by atoms with Crippen LogP contribution in [0.25, 0.3) is 11.0 Å². The van der Waals surface area contributed by atoms with Gasteiger partial charge in [0.25, 0.3) is 0 Å². The van der Waals surface area contributed by atoms with Crippen LogP contribution in [0.2, 0.25) is 0 Å². The zero-order chi connectivity index (χ0) is 15.5. The molecule has 0 aliphatic rings. The highest BCUT2D eigenvalue weighted by Gasteiger charge is 2.06. The van der Waals surface area contributed by atoms with Gasteiger partial charge in [0, 0.05) is 6.54 Å². The van der Waals surface area contributed by atoms with E-state index in [0.29, 0.717) is 13.0 Å². The Hall–Kier alpha value is -2.82. The molecule has 112 valence electrons. The Balaban J connectivity index is 1.64. The average molecular weight is 295 g/mol. The molecule has 0 spiro atoms. The van der Waals surface area contributed by atoms with E-state index < -0.39 is 0 Å². The van der Waals surface area contributed by atoms with Crippen LogP contribution in [0.1, 0.15) is 16.7 Å². The van der Waals surface area contributed by atoms with E-state index in [2.05, 4.69) is 15.3 Å². The van der Waals surface area contributed by atoms with Crippen molar-refractivity contribution in [2.24, 2.45) is 0 Å². The minimum absolute atomic E-state index is 0.0167. The Morgan fingerprint density at radius 1 is 1.09 bits per heavy atom. The molecule has 5 nitrogen and oxygen atoms in total. The lowest BCUT2D eigenvalue weighted by atomic mass is 10.1. The number of aromatic nitrogens is 2. The van der Waals surface area contributed by atoms with E-state index in [9.17, 15) is 9.59 Å². The number of H-pyrrole nitrogens is 2. The number of carbonyl (C=O) groups is 1. The maximum Gasteiger partial charge on any atom is 0.323 e. The Bertz CT molecular complexity index is 877. The molecule has 2 aromatic carbocycles. The van der Waals surface area contributed by atoms with Gasteiger partial charge in [-0.1, -0.05) is 30.3 Å². The zero-order valence-corrected chi connectivity index (χ0v) is 12.3. The van der Waals surface area contributed by atoms with Crippen molar-refractivity contribution in [3.63, 3.8) is 0 Å². The second-order valence-corrected chi connectivity index (χ2v) is 5.34. The van der Waals surface area contributed by atoms with Gasteiger partial charge in [0.15, 0.2) is 0 Å². The number of nitrogens with one attached hydrogen (secondary N) is 3. The number of amides is 1. The minimum atomic E-state index is -0.226. The zero-order valence-electron chi connectivity index (χ0n) is 12.3. The van der Waals surface area contributed by atoms with Gasteiger partial charge in [-0.05, 0) is 35.7 Å².